The number of pyridine rings is 1. The zero-order chi connectivity index (χ0) is 19.5. The van der Waals surface area contributed by atoms with Crippen molar-refractivity contribution in [3.8, 4) is 17.2 Å². The molecule has 0 atom stereocenters. The first-order valence-electron chi connectivity index (χ1n) is 10.1. The first kappa shape index (κ1) is 17.7. The topological polar surface area (TPSA) is 51.4 Å². The van der Waals surface area contributed by atoms with E-state index in [2.05, 4.69) is 51.3 Å². The maximum absolute atomic E-state index is 5.86. The number of rotatable bonds is 5. The van der Waals surface area contributed by atoms with Crippen LogP contribution in [0, 0.1) is 5.92 Å². The molecule has 0 bridgehead atoms. The standard InChI is InChI=1S/C24H23N3O2/c1-3-7-22(20(5-1)19-9-13-25-14-10-19)27-15-11-18(12-16-27)17-28-24-26-21-6-2-4-8-23(21)29-24/h1-10,13-14,18H,11-12,15-17H2. The number of fused-ring (bicyclic) bond motifs is 1. The Hall–Kier alpha value is -3.34. The number of para-hydroxylation sites is 3. The number of oxazole rings is 1. The summed E-state index contributed by atoms with van der Waals surface area (Å²) in [5.74, 6) is 0.509. The van der Waals surface area contributed by atoms with Crippen molar-refractivity contribution >= 4 is 16.8 Å². The number of anilines is 1. The monoisotopic (exact) mass is 385 g/mol. The summed E-state index contributed by atoms with van der Waals surface area (Å²) in [6, 6.07) is 20.5. The van der Waals surface area contributed by atoms with Gasteiger partial charge in [-0.1, -0.05) is 30.3 Å². The predicted octanol–water partition coefficient (Wildman–Crippen LogP) is 5.19. The molecule has 5 heteroatoms. The Morgan fingerprint density at radius 1 is 0.931 bits per heavy atom. The second-order valence-electron chi connectivity index (χ2n) is 7.44. The van der Waals surface area contributed by atoms with Crippen LogP contribution in [0.15, 0.2) is 77.5 Å². The maximum atomic E-state index is 5.86. The molecular weight excluding hydrogens is 362 g/mol. The van der Waals surface area contributed by atoms with Crippen LogP contribution in [0.4, 0.5) is 5.69 Å². The zero-order valence-electron chi connectivity index (χ0n) is 16.2. The van der Waals surface area contributed by atoms with Gasteiger partial charge in [-0.3, -0.25) is 4.98 Å². The van der Waals surface area contributed by atoms with Crippen molar-refractivity contribution < 1.29 is 9.15 Å². The molecule has 1 fully saturated rings. The fourth-order valence-corrected chi connectivity index (χ4v) is 3.97. The number of aromatic nitrogens is 2. The van der Waals surface area contributed by atoms with Crippen molar-refractivity contribution in [2.45, 2.75) is 12.8 Å². The number of hydrogen-bond donors (Lipinski definition) is 0. The van der Waals surface area contributed by atoms with Gasteiger partial charge < -0.3 is 14.1 Å². The summed E-state index contributed by atoms with van der Waals surface area (Å²) in [5.41, 5.74) is 5.36. The van der Waals surface area contributed by atoms with Crippen molar-refractivity contribution in [2.24, 2.45) is 5.92 Å². The van der Waals surface area contributed by atoms with Gasteiger partial charge in [0.1, 0.15) is 5.52 Å². The minimum Gasteiger partial charge on any atom is -0.450 e. The van der Waals surface area contributed by atoms with Gasteiger partial charge in [0.05, 0.1) is 6.61 Å². The van der Waals surface area contributed by atoms with E-state index in [0.717, 1.165) is 37.0 Å². The maximum Gasteiger partial charge on any atom is 0.394 e. The second kappa shape index (κ2) is 7.95. The predicted molar refractivity (Wildman–Crippen MR) is 114 cm³/mol. The van der Waals surface area contributed by atoms with Crippen LogP contribution in [0.5, 0.6) is 6.08 Å². The van der Waals surface area contributed by atoms with Gasteiger partial charge in [0, 0.05) is 36.7 Å². The first-order valence-corrected chi connectivity index (χ1v) is 10.1. The summed E-state index contributed by atoms with van der Waals surface area (Å²) in [6.45, 7) is 2.68. The molecule has 0 saturated carbocycles. The highest BCUT2D eigenvalue weighted by Gasteiger charge is 2.22. The van der Waals surface area contributed by atoms with Crippen LogP contribution in [0.1, 0.15) is 12.8 Å². The molecule has 0 amide bonds. The van der Waals surface area contributed by atoms with Gasteiger partial charge in [-0.2, -0.15) is 4.98 Å². The zero-order valence-corrected chi connectivity index (χ0v) is 16.2. The molecule has 1 aliphatic rings. The molecule has 4 aromatic rings. The highest BCUT2D eigenvalue weighted by Crippen LogP contribution is 2.33. The van der Waals surface area contributed by atoms with Crippen LogP contribution < -0.4 is 9.64 Å². The molecule has 0 N–H and O–H groups in total. The van der Waals surface area contributed by atoms with Gasteiger partial charge in [0.25, 0.3) is 0 Å². The van der Waals surface area contributed by atoms with Gasteiger partial charge in [-0.15, -0.1) is 0 Å². The molecule has 2 aromatic carbocycles. The first-order chi connectivity index (χ1) is 14.4. The smallest absolute Gasteiger partial charge is 0.394 e. The fourth-order valence-electron chi connectivity index (χ4n) is 3.97. The molecule has 146 valence electrons. The van der Waals surface area contributed by atoms with E-state index in [1.54, 1.807) is 0 Å². The van der Waals surface area contributed by atoms with Crippen LogP contribution in [0.25, 0.3) is 22.2 Å². The Bertz CT molecular complexity index is 1050. The van der Waals surface area contributed by atoms with E-state index in [0.29, 0.717) is 18.6 Å². The SMILES string of the molecule is c1ccc(N2CCC(COc3nc4ccccc4o3)CC2)c(-c2ccncc2)c1. The molecule has 1 aliphatic heterocycles. The van der Waals surface area contributed by atoms with E-state index in [1.807, 2.05) is 36.7 Å². The van der Waals surface area contributed by atoms with E-state index in [-0.39, 0.29) is 0 Å². The highest BCUT2D eigenvalue weighted by molar-refractivity contribution is 5.78. The highest BCUT2D eigenvalue weighted by atomic mass is 16.6. The lowest BCUT2D eigenvalue weighted by Gasteiger charge is -2.34. The molecule has 29 heavy (non-hydrogen) atoms. The van der Waals surface area contributed by atoms with Crippen molar-refractivity contribution in [1.29, 1.82) is 0 Å². The van der Waals surface area contributed by atoms with Gasteiger partial charge in [0.15, 0.2) is 5.58 Å². The molecule has 5 nitrogen and oxygen atoms in total. The van der Waals surface area contributed by atoms with Crippen molar-refractivity contribution in [2.75, 3.05) is 24.6 Å². The van der Waals surface area contributed by atoms with Crippen LogP contribution in [0.2, 0.25) is 0 Å². The Morgan fingerprint density at radius 2 is 1.69 bits per heavy atom. The average molecular weight is 385 g/mol. The lowest BCUT2D eigenvalue weighted by atomic mass is 9.96. The van der Waals surface area contributed by atoms with Crippen molar-refractivity contribution in [3.63, 3.8) is 0 Å². The summed E-state index contributed by atoms with van der Waals surface area (Å²) in [6.07, 6.45) is 6.25. The van der Waals surface area contributed by atoms with Gasteiger partial charge in [0.2, 0.25) is 0 Å². The largest absolute Gasteiger partial charge is 0.450 e. The number of benzene rings is 2. The molecule has 0 spiro atoms. The number of ether oxygens (including phenoxy) is 1. The molecule has 2 aromatic heterocycles. The summed E-state index contributed by atoms with van der Waals surface area (Å²) < 4.78 is 11.5. The van der Waals surface area contributed by atoms with E-state index in [4.69, 9.17) is 9.15 Å². The van der Waals surface area contributed by atoms with E-state index in [9.17, 15) is 0 Å². The van der Waals surface area contributed by atoms with Crippen molar-refractivity contribution in [1.82, 2.24) is 9.97 Å². The quantitative estimate of drug-likeness (QED) is 0.473. The normalized spacial score (nSPS) is 15.0. The Balaban J connectivity index is 1.22. The van der Waals surface area contributed by atoms with Crippen LogP contribution in [-0.2, 0) is 0 Å². The second-order valence-corrected chi connectivity index (χ2v) is 7.44. The Morgan fingerprint density at radius 3 is 2.52 bits per heavy atom. The lowest BCUT2D eigenvalue weighted by Crippen LogP contribution is -2.35. The van der Waals surface area contributed by atoms with E-state index >= 15 is 0 Å². The Kier molecular flexibility index (Phi) is 4.87. The minimum atomic E-state index is 0.372. The van der Waals surface area contributed by atoms with Gasteiger partial charge in [-0.25, -0.2) is 0 Å². The van der Waals surface area contributed by atoms with E-state index in [1.165, 1.54) is 16.8 Å². The van der Waals surface area contributed by atoms with Crippen LogP contribution in [-0.4, -0.2) is 29.7 Å². The third-order valence-corrected chi connectivity index (χ3v) is 5.57. The number of piperidine rings is 1. The number of nitrogens with zero attached hydrogens (tertiary/aromatic N) is 3. The summed E-state index contributed by atoms with van der Waals surface area (Å²) in [7, 11) is 0. The Labute approximate surface area is 170 Å². The van der Waals surface area contributed by atoms with Crippen LogP contribution in [0.3, 0.4) is 0 Å². The van der Waals surface area contributed by atoms with Crippen molar-refractivity contribution in [3.05, 3.63) is 73.1 Å². The molecule has 0 aliphatic carbocycles. The molecule has 0 unspecified atom stereocenters. The van der Waals surface area contributed by atoms with E-state index < -0.39 is 0 Å². The average Bonchev–Trinajstić information content (AvgIpc) is 3.22. The molecule has 3 heterocycles. The summed E-state index contributed by atoms with van der Waals surface area (Å²) in [4.78, 5) is 11.0. The minimum absolute atomic E-state index is 0.372. The van der Waals surface area contributed by atoms with Gasteiger partial charge in [-0.05, 0) is 54.7 Å². The third-order valence-electron chi connectivity index (χ3n) is 5.57. The molecule has 0 radical (unpaired) electrons. The lowest BCUT2D eigenvalue weighted by molar-refractivity contribution is 0.177. The fraction of sp³-hybridized carbons (Fsp3) is 0.250. The number of hydrogen-bond acceptors (Lipinski definition) is 5. The molecular formula is C24H23N3O2. The molecule has 5 rings (SSSR count). The summed E-state index contributed by atoms with van der Waals surface area (Å²) >= 11 is 0. The third kappa shape index (κ3) is 3.81. The summed E-state index contributed by atoms with van der Waals surface area (Å²) in [5, 5.41) is 0. The molecule has 1 saturated heterocycles. The van der Waals surface area contributed by atoms with Crippen LogP contribution >= 0.6 is 0 Å². The van der Waals surface area contributed by atoms with Gasteiger partial charge >= 0.3 is 6.08 Å².